The van der Waals surface area contributed by atoms with Gasteiger partial charge in [0.1, 0.15) is 6.04 Å². The molecule has 1 atom stereocenters. The molecule has 0 bridgehead atoms. The quantitative estimate of drug-likeness (QED) is 0.777. The summed E-state index contributed by atoms with van der Waals surface area (Å²) in [6, 6.07) is 19.7. The first-order valence-electron chi connectivity index (χ1n) is 7.58. The van der Waals surface area contributed by atoms with Gasteiger partial charge in [-0.3, -0.25) is 4.79 Å². The maximum atomic E-state index is 11.7. The molecule has 0 saturated heterocycles. The number of aromatic nitrogens is 3. The number of nitrogens with zero attached hydrogens (tertiary/aromatic N) is 3. The number of allylic oxidation sites excluding steroid dienone is 1. The Morgan fingerprint density at radius 2 is 1.71 bits per heavy atom. The van der Waals surface area contributed by atoms with Crippen LogP contribution in [0.5, 0.6) is 0 Å². The number of anilines is 1. The van der Waals surface area contributed by atoms with E-state index in [1.54, 1.807) is 4.68 Å². The van der Waals surface area contributed by atoms with E-state index in [0.717, 1.165) is 16.8 Å². The van der Waals surface area contributed by atoms with Crippen molar-refractivity contribution in [1.82, 2.24) is 15.0 Å². The van der Waals surface area contributed by atoms with E-state index >= 15 is 0 Å². The number of hydrogen-bond donors (Lipinski definition) is 2. The average Bonchev–Trinajstić information content (AvgIpc) is 3.06. The summed E-state index contributed by atoms with van der Waals surface area (Å²) >= 11 is 0. The molecular weight excluding hydrogens is 302 g/mol. The molecule has 6 nitrogen and oxygen atoms in total. The molecule has 24 heavy (non-hydrogen) atoms. The van der Waals surface area contributed by atoms with Crippen molar-refractivity contribution in [3.8, 4) is 0 Å². The lowest BCUT2D eigenvalue weighted by molar-refractivity contribution is 0.0996. The molecule has 6 heteroatoms. The van der Waals surface area contributed by atoms with E-state index in [1.807, 2.05) is 60.7 Å². The van der Waals surface area contributed by atoms with Crippen LogP contribution >= 0.6 is 0 Å². The topological polar surface area (TPSA) is 85.8 Å². The first-order chi connectivity index (χ1) is 11.7. The minimum Gasteiger partial charge on any atom is -0.364 e. The standard InChI is InChI=1S/C18H15N5O/c19-17(24)16-18-20-14(12-7-3-1-4-8-12)11-15(23(18)22-21-16)13-9-5-2-6-10-13/h1-11,15,20H,(H2,19,24). The van der Waals surface area contributed by atoms with Crippen molar-refractivity contribution in [3.63, 3.8) is 0 Å². The van der Waals surface area contributed by atoms with Crippen LogP contribution in [-0.2, 0) is 0 Å². The average molecular weight is 317 g/mol. The Morgan fingerprint density at radius 3 is 2.38 bits per heavy atom. The van der Waals surface area contributed by atoms with E-state index in [2.05, 4.69) is 21.7 Å². The van der Waals surface area contributed by atoms with Crippen molar-refractivity contribution in [3.05, 3.63) is 83.6 Å². The lowest BCUT2D eigenvalue weighted by Crippen LogP contribution is -2.22. The van der Waals surface area contributed by atoms with E-state index in [9.17, 15) is 4.79 Å². The summed E-state index contributed by atoms with van der Waals surface area (Å²) in [5.74, 6) is -0.0948. The summed E-state index contributed by atoms with van der Waals surface area (Å²) in [5, 5.41) is 11.3. The van der Waals surface area contributed by atoms with E-state index in [1.165, 1.54) is 0 Å². The number of primary amides is 1. The molecule has 2 aromatic carbocycles. The van der Waals surface area contributed by atoms with Gasteiger partial charge in [0, 0.05) is 5.70 Å². The molecule has 2 heterocycles. The number of carbonyl (C=O) groups is 1. The monoisotopic (exact) mass is 317 g/mol. The summed E-state index contributed by atoms with van der Waals surface area (Å²) in [6.07, 6.45) is 2.07. The molecule has 1 aromatic heterocycles. The van der Waals surface area contributed by atoms with Crippen molar-refractivity contribution in [2.24, 2.45) is 5.73 Å². The van der Waals surface area contributed by atoms with Gasteiger partial charge in [0.05, 0.1) is 0 Å². The van der Waals surface area contributed by atoms with Gasteiger partial charge in [-0.2, -0.15) is 0 Å². The molecule has 1 unspecified atom stereocenters. The number of nitrogens with one attached hydrogen (secondary N) is 1. The fourth-order valence-corrected chi connectivity index (χ4v) is 2.84. The maximum Gasteiger partial charge on any atom is 0.273 e. The van der Waals surface area contributed by atoms with Gasteiger partial charge in [-0.15, -0.1) is 5.10 Å². The number of hydrogen-bond acceptors (Lipinski definition) is 4. The molecule has 0 saturated carbocycles. The highest BCUT2D eigenvalue weighted by Gasteiger charge is 2.28. The SMILES string of the molecule is NC(=O)c1nnn2c1NC(c1ccccc1)=CC2c1ccccc1. The Kier molecular flexibility index (Phi) is 3.35. The van der Waals surface area contributed by atoms with Crippen molar-refractivity contribution in [2.75, 3.05) is 5.32 Å². The Morgan fingerprint density at radius 1 is 1.04 bits per heavy atom. The lowest BCUT2D eigenvalue weighted by Gasteiger charge is -2.25. The molecule has 118 valence electrons. The summed E-state index contributed by atoms with van der Waals surface area (Å²) in [4.78, 5) is 11.7. The molecule has 3 N–H and O–H groups in total. The number of carbonyl (C=O) groups excluding carboxylic acids is 1. The second kappa shape index (κ2) is 5.66. The second-order valence-electron chi connectivity index (χ2n) is 5.52. The summed E-state index contributed by atoms with van der Waals surface area (Å²) in [6.45, 7) is 0. The third-order valence-corrected chi connectivity index (χ3v) is 3.99. The van der Waals surface area contributed by atoms with Gasteiger partial charge in [0.25, 0.3) is 5.91 Å². The van der Waals surface area contributed by atoms with Gasteiger partial charge >= 0.3 is 0 Å². The van der Waals surface area contributed by atoms with Gasteiger partial charge in [0.2, 0.25) is 0 Å². The number of benzene rings is 2. The Balaban J connectivity index is 1.88. The Labute approximate surface area is 138 Å². The molecule has 4 rings (SSSR count). The highest BCUT2D eigenvalue weighted by molar-refractivity contribution is 5.97. The molecular formula is C18H15N5O. The van der Waals surface area contributed by atoms with Crippen LogP contribution in [0.15, 0.2) is 66.7 Å². The zero-order valence-corrected chi connectivity index (χ0v) is 12.8. The smallest absolute Gasteiger partial charge is 0.273 e. The van der Waals surface area contributed by atoms with Gasteiger partial charge in [0.15, 0.2) is 11.5 Å². The van der Waals surface area contributed by atoms with Crippen molar-refractivity contribution < 1.29 is 4.79 Å². The predicted octanol–water partition coefficient (Wildman–Crippen LogP) is 2.43. The van der Waals surface area contributed by atoms with Gasteiger partial charge in [-0.25, -0.2) is 4.68 Å². The van der Waals surface area contributed by atoms with Gasteiger partial charge < -0.3 is 11.1 Å². The summed E-state index contributed by atoms with van der Waals surface area (Å²) < 4.78 is 1.68. The number of rotatable bonds is 3. The van der Waals surface area contributed by atoms with Crippen molar-refractivity contribution in [2.45, 2.75) is 6.04 Å². The van der Waals surface area contributed by atoms with Crippen LogP contribution in [-0.4, -0.2) is 20.9 Å². The zero-order chi connectivity index (χ0) is 16.5. The van der Waals surface area contributed by atoms with Crippen LogP contribution in [0.2, 0.25) is 0 Å². The first kappa shape index (κ1) is 14.2. The first-order valence-corrected chi connectivity index (χ1v) is 7.58. The normalized spacial score (nSPS) is 16.0. The predicted molar refractivity (Wildman–Crippen MR) is 91.2 cm³/mol. The van der Waals surface area contributed by atoms with E-state index in [4.69, 9.17) is 5.73 Å². The zero-order valence-electron chi connectivity index (χ0n) is 12.8. The molecule has 0 radical (unpaired) electrons. The van der Waals surface area contributed by atoms with Crippen LogP contribution in [0.25, 0.3) is 5.70 Å². The third kappa shape index (κ3) is 2.34. The Hall–Kier alpha value is -3.41. The molecule has 0 fully saturated rings. The number of amides is 1. The lowest BCUT2D eigenvalue weighted by atomic mass is 10.0. The minimum atomic E-state index is -0.607. The van der Waals surface area contributed by atoms with E-state index in [-0.39, 0.29) is 11.7 Å². The van der Waals surface area contributed by atoms with Crippen LogP contribution in [0, 0.1) is 0 Å². The number of nitrogens with two attached hydrogens (primary N) is 1. The van der Waals surface area contributed by atoms with Crippen LogP contribution in [0.3, 0.4) is 0 Å². The van der Waals surface area contributed by atoms with Crippen LogP contribution < -0.4 is 11.1 Å². The van der Waals surface area contributed by atoms with E-state index < -0.39 is 5.91 Å². The van der Waals surface area contributed by atoms with Crippen molar-refractivity contribution >= 4 is 17.4 Å². The third-order valence-electron chi connectivity index (χ3n) is 3.99. The highest BCUT2D eigenvalue weighted by atomic mass is 16.1. The fraction of sp³-hybridized carbons (Fsp3) is 0.0556. The van der Waals surface area contributed by atoms with Crippen molar-refractivity contribution in [1.29, 1.82) is 0 Å². The molecule has 3 aromatic rings. The summed E-state index contributed by atoms with van der Waals surface area (Å²) in [5.41, 5.74) is 8.53. The fourth-order valence-electron chi connectivity index (χ4n) is 2.84. The Bertz CT molecular complexity index is 915. The molecule has 1 aliphatic heterocycles. The van der Waals surface area contributed by atoms with E-state index in [0.29, 0.717) is 5.82 Å². The molecule has 0 spiro atoms. The number of fused-ring (bicyclic) bond motifs is 1. The minimum absolute atomic E-state index is 0.137. The maximum absolute atomic E-state index is 11.7. The second-order valence-corrected chi connectivity index (χ2v) is 5.52. The summed E-state index contributed by atoms with van der Waals surface area (Å²) in [7, 11) is 0. The van der Waals surface area contributed by atoms with Gasteiger partial charge in [-0.05, 0) is 17.2 Å². The van der Waals surface area contributed by atoms with Crippen LogP contribution in [0.4, 0.5) is 5.82 Å². The highest BCUT2D eigenvalue weighted by Crippen LogP contribution is 2.33. The molecule has 1 aliphatic rings. The van der Waals surface area contributed by atoms with Crippen LogP contribution in [0.1, 0.15) is 27.7 Å². The molecule has 0 aliphatic carbocycles. The molecule has 1 amide bonds. The van der Waals surface area contributed by atoms with Gasteiger partial charge in [-0.1, -0.05) is 65.9 Å². The largest absolute Gasteiger partial charge is 0.364 e.